The lowest BCUT2D eigenvalue weighted by molar-refractivity contribution is -0.136. The smallest absolute Gasteiger partial charge is 0.313 e. The summed E-state index contributed by atoms with van der Waals surface area (Å²) in [6, 6.07) is 0.703. The number of amides is 2. The minimum Gasteiger partial charge on any atom is -0.391 e. The number of halogens is 3. The first-order chi connectivity index (χ1) is 10.8. The summed E-state index contributed by atoms with van der Waals surface area (Å²) in [4.78, 5) is 23.2. The molecule has 0 heterocycles. The molecule has 1 unspecified atom stereocenters. The van der Waals surface area contributed by atoms with Crippen LogP contribution in [0.5, 0.6) is 0 Å². The van der Waals surface area contributed by atoms with Crippen LogP contribution in [0, 0.1) is 23.4 Å². The number of hydrogen-bond acceptors (Lipinski definition) is 3. The molecule has 1 aromatic carbocycles. The van der Waals surface area contributed by atoms with Crippen molar-refractivity contribution < 1.29 is 27.9 Å². The molecule has 0 aromatic heterocycles. The molecule has 0 saturated carbocycles. The normalized spacial score (nSPS) is 12.1. The van der Waals surface area contributed by atoms with E-state index in [1.54, 1.807) is 0 Å². The molecule has 128 valence electrons. The molecule has 0 aliphatic rings. The van der Waals surface area contributed by atoms with Gasteiger partial charge in [-0.15, -0.1) is 0 Å². The molecule has 1 rings (SSSR count). The van der Waals surface area contributed by atoms with Gasteiger partial charge in [-0.2, -0.15) is 0 Å². The summed E-state index contributed by atoms with van der Waals surface area (Å²) >= 11 is 0. The molecule has 5 nitrogen and oxygen atoms in total. The van der Waals surface area contributed by atoms with Crippen LogP contribution in [-0.4, -0.2) is 29.6 Å². The molecule has 1 aromatic rings. The minimum absolute atomic E-state index is 0.0259. The van der Waals surface area contributed by atoms with Crippen molar-refractivity contribution in [3.8, 4) is 0 Å². The van der Waals surface area contributed by atoms with Crippen molar-refractivity contribution >= 4 is 17.5 Å². The van der Waals surface area contributed by atoms with E-state index in [2.05, 4.69) is 5.32 Å². The summed E-state index contributed by atoms with van der Waals surface area (Å²) in [5.41, 5.74) is -0.649. The molecule has 0 aliphatic carbocycles. The van der Waals surface area contributed by atoms with Gasteiger partial charge in [-0.1, -0.05) is 26.7 Å². The Labute approximate surface area is 131 Å². The summed E-state index contributed by atoms with van der Waals surface area (Å²) < 4.78 is 39.2. The SMILES string of the molecule is CCC(CC)C(O)CNC(=O)C(=O)Nc1cc(F)c(F)cc1F. The van der Waals surface area contributed by atoms with Crippen LogP contribution in [0.4, 0.5) is 18.9 Å². The first kappa shape index (κ1) is 19.0. The van der Waals surface area contributed by atoms with Crippen molar-refractivity contribution in [3.63, 3.8) is 0 Å². The van der Waals surface area contributed by atoms with Crippen LogP contribution in [0.15, 0.2) is 12.1 Å². The number of anilines is 1. The van der Waals surface area contributed by atoms with E-state index < -0.39 is 41.1 Å². The van der Waals surface area contributed by atoms with Crippen molar-refractivity contribution in [2.24, 2.45) is 5.92 Å². The molecule has 0 aliphatic heterocycles. The highest BCUT2D eigenvalue weighted by atomic mass is 19.2. The van der Waals surface area contributed by atoms with Gasteiger partial charge < -0.3 is 15.7 Å². The van der Waals surface area contributed by atoms with Gasteiger partial charge in [0, 0.05) is 18.7 Å². The predicted molar refractivity (Wildman–Crippen MR) is 78.0 cm³/mol. The van der Waals surface area contributed by atoms with Crippen LogP contribution >= 0.6 is 0 Å². The molecule has 1 atom stereocenters. The van der Waals surface area contributed by atoms with Crippen LogP contribution in [0.2, 0.25) is 0 Å². The summed E-state index contributed by atoms with van der Waals surface area (Å²) in [7, 11) is 0. The lowest BCUT2D eigenvalue weighted by Crippen LogP contribution is -2.41. The summed E-state index contributed by atoms with van der Waals surface area (Å²) in [6.45, 7) is 3.63. The molecule has 8 heteroatoms. The van der Waals surface area contributed by atoms with Gasteiger partial charge in [0.05, 0.1) is 11.8 Å². The minimum atomic E-state index is -1.40. The molecular weight excluding hydrogens is 313 g/mol. The van der Waals surface area contributed by atoms with Crippen LogP contribution in [-0.2, 0) is 9.59 Å². The Morgan fingerprint density at radius 1 is 1.04 bits per heavy atom. The standard InChI is InChI=1S/C15H19F3N2O3/c1-3-8(4-2)13(21)7-19-14(22)15(23)20-12-6-10(17)9(16)5-11(12)18/h5-6,8,13,21H,3-4,7H2,1-2H3,(H,19,22)(H,20,23). The van der Waals surface area contributed by atoms with E-state index in [9.17, 15) is 27.9 Å². The number of carbonyl (C=O) groups is 2. The van der Waals surface area contributed by atoms with Gasteiger partial charge in [0.15, 0.2) is 11.6 Å². The van der Waals surface area contributed by atoms with Crippen molar-refractivity contribution in [3.05, 3.63) is 29.6 Å². The number of aliphatic hydroxyl groups is 1. The number of hydrogen-bond donors (Lipinski definition) is 3. The highest BCUT2D eigenvalue weighted by molar-refractivity contribution is 6.39. The largest absolute Gasteiger partial charge is 0.391 e. The fraction of sp³-hybridized carbons (Fsp3) is 0.467. The molecule has 0 radical (unpaired) electrons. The lowest BCUT2D eigenvalue weighted by atomic mass is 9.96. The third kappa shape index (κ3) is 5.24. The Balaban J connectivity index is 2.61. The van der Waals surface area contributed by atoms with E-state index in [1.165, 1.54) is 0 Å². The number of carbonyl (C=O) groups excluding carboxylic acids is 2. The monoisotopic (exact) mass is 332 g/mol. The van der Waals surface area contributed by atoms with Gasteiger partial charge >= 0.3 is 11.8 Å². The fourth-order valence-electron chi connectivity index (χ4n) is 2.07. The molecular formula is C15H19F3N2O3. The van der Waals surface area contributed by atoms with Gasteiger partial charge in [-0.25, -0.2) is 13.2 Å². The average molecular weight is 332 g/mol. The van der Waals surface area contributed by atoms with E-state index in [-0.39, 0.29) is 18.5 Å². The number of rotatable bonds is 6. The first-order valence-electron chi connectivity index (χ1n) is 7.21. The van der Waals surface area contributed by atoms with Crippen LogP contribution in [0.25, 0.3) is 0 Å². The second-order valence-corrected chi connectivity index (χ2v) is 5.05. The van der Waals surface area contributed by atoms with Gasteiger partial charge in [-0.05, 0) is 5.92 Å². The second kappa shape index (κ2) is 8.52. The maximum atomic E-state index is 13.4. The van der Waals surface area contributed by atoms with Gasteiger partial charge in [0.1, 0.15) is 5.82 Å². The Kier molecular flexibility index (Phi) is 7.02. The Bertz CT molecular complexity index is 577. The molecule has 23 heavy (non-hydrogen) atoms. The Morgan fingerprint density at radius 2 is 1.61 bits per heavy atom. The average Bonchev–Trinajstić information content (AvgIpc) is 2.51. The van der Waals surface area contributed by atoms with E-state index >= 15 is 0 Å². The molecule has 0 spiro atoms. The van der Waals surface area contributed by atoms with Gasteiger partial charge in [0.2, 0.25) is 0 Å². The van der Waals surface area contributed by atoms with E-state index in [1.807, 2.05) is 19.2 Å². The van der Waals surface area contributed by atoms with E-state index in [0.29, 0.717) is 18.9 Å². The van der Waals surface area contributed by atoms with Gasteiger partial charge in [0.25, 0.3) is 0 Å². The third-order valence-electron chi connectivity index (χ3n) is 3.53. The zero-order valence-electron chi connectivity index (χ0n) is 12.8. The first-order valence-corrected chi connectivity index (χ1v) is 7.21. The molecule has 3 N–H and O–H groups in total. The van der Waals surface area contributed by atoms with Crippen LogP contribution < -0.4 is 10.6 Å². The highest BCUT2D eigenvalue weighted by Gasteiger charge is 2.20. The summed E-state index contributed by atoms with van der Waals surface area (Å²) in [5.74, 6) is -6.35. The molecule has 0 saturated heterocycles. The molecule has 0 bridgehead atoms. The quantitative estimate of drug-likeness (QED) is 0.550. The Morgan fingerprint density at radius 3 is 2.17 bits per heavy atom. The van der Waals surface area contributed by atoms with Crippen molar-refractivity contribution in [1.82, 2.24) is 5.32 Å². The zero-order valence-corrected chi connectivity index (χ0v) is 12.8. The topological polar surface area (TPSA) is 78.4 Å². The zero-order chi connectivity index (χ0) is 17.6. The van der Waals surface area contributed by atoms with Crippen molar-refractivity contribution in [1.29, 1.82) is 0 Å². The number of benzene rings is 1. The van der Waals surface area contributed by atoms with Crippen molar-refractivity contribution in [2.75, 3.05) is 11.9 Å². The second-order valence-electron chi connectivity index (χ2n) is 5.05. The summed E-state index contributed by atoms with van der Waals surface area (Å²) in [5, 5.41) is 13.9. The summed E-state index contributed by atoms with van der Waals surface area (Å²) in [6.07, 6.45) is 0.598. The number of nitrogens with one attached hydrogen (secondary N) is 2. The predicted octanol–water partition coefficient (Wildman–Crippen LogP) is 1.96. The number of aliphatic hydroxyl groups excluding tert-OH is 1. The Hall–Kier alpha value is -2.09. The highest BCUT2D eigenvalue weighted by Crippen LogP contribution is 2.18. The fourth-order valence-corrected chi connectivity index (χ4v) is 2.07. The lowest BCUT2D eigenvalue weighted by Gasteiger charge is -2.20. The maximum Gasteiger partial charge on any atom is 0.313 e. The van der Waals surface area contributed by atoms with E-state index in [4.69, 9.17) is 0 Å². The van der Waals surface area contributed by atoms with Crippen molar-refractivity contribution in [2.45, 2.75) is 32.8 Å². The van der Waals surface area contributed by atoms with E-state index in [0.717, 1.165) is 0 Å². The maximum absolute atomic E-state index is 13.4. The third-order valence-corrected chi connectivity index (χ3v) is 3.53. The van der Waals surface area contributed by atoms with Crippen LogP contribution in [0.3, 0.4) is 0 Å². The van der Waals surface area contributed by atoms with Gasteiger partial charge in [-0.3, -0.25) is 9.59 Å². The van der Waals surface area contributed by atoms with Crippen LogP contribution in [0.1, 0.15) is 26.7 Å². The molecule has 2 amide bonds. The molecule has 0 fully saturated rings.